The Bertz CT molecular complexity index is 529. The van der Waals surface area contributed by atoms with Crippen molar-refractivity contribution in [3.8, 4) is 5.75 Å². The fourth-order valence-corrected chi connectivity index (χ4v) is 2.09. The van der Waals surface area contributed by atoms with Gasteiger partial charge in [0.05, 0.1) is 12.3 Å². The summed E-state index contributed by atoms with van der Waals surface area (Å²) in [5.41, 5.74) is 6.08. The molecular weight excluding hydrogens is 255 g/mol. The number of ether oxygens (including phenoxy) is 1. The lowest BCUT2D eigenvalue weighted by Gasteiger charge is -2.12. The molecule has 0 unspecified atom stereocenters. The van der Waals surface area contributed by atoms with E-state index in [1.807, 2.05) is 13.8 Å². The molecule has 0 saturated heterocycles. The molecule has 0 saturated carbocycles. The fourth-order valence-electron chi connectivity index (χ4n) is 1.34. The molecule has 0 fully saturated rings. The van der Waals surface area contributed by atoms with E-state index in [0.717, 1.165) is 0 Å². The lowest BCUT2D eigenvalue weighted by Crippen LogP contribution is -2.07. The first-order valence-electron chi connectivity index (χ1n) is 5.39. The molecule has 0 atom stereocenters. The van der Waals surface area contributed by atoms with Crippen molar-refractivity contribution in [3.05, 3.63) is 30.4 Å². The second-order valence-corrected chi connectivity index (χ2v) is 4.88. The number of hydrogen-bond donors (Lipinski definition) is 1. The van der Waals surface area contributed by atoms with Crippen LogP contribution in [0.2, 0.25) is 0 Å². The summed E-state index contributed by atoms with van der Waals surface area (Å²) < 4.78 is 24.1. The number of nitrogens with zero attached hydrogens (tertiary/aromatic N) is 1. The molecule has 2 aromatic rings. The molecule has 18 heavy (non-hydrogen) atoms. The maximum Gasteiger partial charge on any atom is 0.260 e. The highest BCUT2D eigenvalue weighted by atomic mass is 32.2. The average Bonchev–Trinajstić information content (AvgIpc) is 2.77. The van der Waals surface area contributed by atoms with Gasteiger partial charge in [0.1, 0.15) is 6.26 Å². The zero-order chi connectivity index (χ0) is 13.1. The van der Waals surface area contributed by atoms with Crippen molar-refractivity contribution < 1.29 is 13.5 Å². The van der Waals surface area contributed by atoms with Crippen LogP contribution in [-0.2, 0) is 0 Å². The normalized spacial score (nSPS) is 10.9. The lowest BCUT2D eigenvalue weighted by molar-refractivity contribution is 0.230. The van der Waals surface area contributed by atoms with Gasteiger partial charge in [-0.15, -0.1) is 0 Å². The summed E-state index contributed by atoms with van der Waals surface area (Å²) in [6.45, 7) is 3.66. The number of nitrogens with two attached hydrogens (primary N) is 1. The van der Waals surface area contributed by atoms with Gasteiger partial charge < -0.3 is 14.9 Å². The third-order valence-corrected chi connectivity index (χ3v) is 2.98. The van der Waals surface area contributed by atoms with Crippen molar-refractivity contribution in [1.82, 2.24) is 4.98 Å². The van der Waals surface area contributed by atoms with E-state index in [0.29, 0.717) is 15.8 Å². The largest absolute Gasteiger partial charge is 0.488 e. The van der Waals surface area contributed by atoms with E-state index in [-0.39, 0.29) is 11.9 Å². The number of aromatic nitrogens is 1. The molecule has 1 heterocycles. The average molecular weight is 268 g/mol. The Morgan fingerprint density at radius 2 is 2.22 bits per heavy atom. The van der Waals surface area contributed by atoms with E-state index in [9.17, 15) is 4.39 Å². The van der Waals surface area contributed by atoms with Gasteiger partial charge in [0, 0.05) is 16.6 Å². The SMILES string of the molecule is CC(C)Oc1cc(Sc2ncco2)c(N)cc1F. The standard InChI is InChI=1S/C12H13FN2O2S/c1-7(2)17-10-6-11(9(14)5-8(10)13)18-12-15-3-4-16-12/h3-7H,14H2,1-2H3. The second-order valence-electron chi connectivity index (χ2n) is 3.89. The summed E-state index contributed by atoms with van der Waals surface area (Å²) in [5.74, 6) is -0.300. The number of oxazole rings is 1. The Labute approximate surface area is 108 Å². The van der Waals surface area contributed by atoms with E-state index in [1.54, 1.807) is 6.07 Å². The van der Waals surface area contributed by atoms with E-state index in [1.165, 1.54) is 30.3 Å². The number of anilines is 1. The number of halogens is 1. The van der Waals surface area contributed by atoms with Gasteiger partial charge in [0.25, 0.3) is 5.22 Å². The Kier molecular flexibility index (Phi) is 3.76. The zero-order valence-corrected chi connectivity index (χ0v) is 10.8. The molecule has 1 aromatic carbocycles. The Morgan fingerprint density at radius 1 is 1.44 bits per heavy atom. The molecule has 4 nitrogen and oxygen atoms in total. The summed E-state index contributed by atoms with van der Waals surface area (Å²) in [6.07, 6.45) is 2.89. The molecule has 2 N–H and O–H groups in total. The highest BCUT2D eigenvalue weighted by Crippen LogP contribution is 2.35. The van der Waals surface area contributed by atoms with Gasteiger partial charge in [-0.2, -0.15) is 0 Å². The van der Waals surface area contributed by atoms with Gasteiger partial charge in [0.2, 0.25) is 0 Å². The smallest absolute Gasteiger partial charge is 0.260 e. The topological polar surface area (TPSA) is 61.3 Å². The third-order valence-electron chi connectivity index (χ3n) is 2.03. The van der Waals surface area contributed by atoms with E-state index >= 15 is 0 Å². The predicted octanol–water partition coefficient (Wildman–Crippen LogP) is 3.33. The van der Waals surface area contributed by atoms with Crippen LogP contribution in [0.4, 0.5) is 10.1 Å². The van der Waals surface area contributed by atoms with Crippen LogP contribution in [0.5, 0.6) is 5.75 Å². The number of benzene rings is 1. The van der Waals surface area contributed by atoms with Gasteiger partial charge in [0.15, 0.2) is 11.6 Å². The monoisotopic (exact) mass is 268 g/mol. The van der Waals surface area contributed by atoms with Crippen LogP contribution in [0, 0.1) is 5.82 Å². The van der Waals surface area contributed by atoms with Crippen LogP contribution in [0.25, 0.3) is 0 Å². The summed E-state index contributed by atoms with van der Waals surface area (Å²) in [7, 11) is 0. The van der Waals surface area contributed by atoms with Gasteiger partial charge in [-0.25, -0.2) is 9.37 Å². The number of rotatable bonds is 4. The minimum absolute atomic E-state index is 0.109. The van der Waals surface area contributed by atoms with Crippen molar-refractivity contribution in [2.24, 2.45) is 0 Å². The molecule has 0 aliphatic rings. The Hall–Kier alpha value is -1.69. The van der Waals surface area contributed by atoms with Crippen LogP contribution in [0.3, 0.4) is 0 Å². The van der Waals surface area contributed by atoms with Crippen molar-refractivity contribution in [2.75, 3.05) is 5.73 Å². The minimum atomic E-state index is -0.474. The lowest BCUT2D eigenvalue weighted by atomic mass is 10.3. The van der Waals surface area contributed by atoms with Gasteiger partial charge in [-0.1, -0.05) is 0 Å². The van der Waals surface area contributed by atoms with Crippen molar-refractivity contribution in [1.29, 1.82) is 0 Å². The van der Waals surface area contributed by atoms with Crippen molar-refractivity contribution in [2.45, 2.75) is 30.1 Å². The van der Waals surface area contributed by atoms with Crippen LogP contribution < -0.4 is 10.5 Å². The third kappa shape index (κ3) is 2.95. The predicted molar refractivity (Wildman–Crippen MR) is 67.2 cm³/mol. The van der Waals surface area contributed by atoms with Crippen LogP contribution >= 0.6 is 11.8 Å². The van der Waals surface area contributed by atoms with E-state index < -0.39 is 5.82 Å². The summed E-state index contributed by atoms with van der Waals surface area (Å²) >= 11 is 1.22. The molecular formula is C12H13FN2O2S. The Balaban J connectivity index is 2.29. The fraction of sp³-hybridized carbons (Fsp3) is 0.250. The molecule has 0 aliphatic heterocycles. The quantitative estimate of drug-likeness (QED) is 0.862. The van der Waals surface area contributed by atoms with E-state index in [4.69, 9.17) is 14.9 Å². The molecule has 96 valence electrons. The second kappa shape index (κ2) is 5.30. The van der Waals surface area contributed by atoms with Gasteiger partial charge >= 0.3 is 0 Å². The summed E-state index contributed by atoms with van der Waals surface area (Å²) in [6, 6.07) is 2.79. The van der Waals surface area contributed by atoms with E-state index in [2.05, 4.69) is 4.98 Å². The minimum Gasteiger partial charge on any atom is -0.488 e. The first kappa shape index (κ1) is 12.8. The molecule has 6 heteroatoms. The van der Waals surface area contributed by atoms with Crippen LogP contribution in [0.15, 0.2) is 39.1 Å². The highest BCUT2D eigenvalue weighted by Gasteiger charge is 2.13. The first-order valence-corrected chi connectivity index (χ1v) is 6.21. The molecule has 0 amide bonds. The molecule has 0 bridgehead atoms. The molecule has 1 aromatic heterocycles. The summed E-state index contributed by atoms with van der Waals surface area (Å²) in [4.78, 5) is 4.62. The molecule has 0 spiro atoms. The highest BCUT2D eigenvalue weighted by molar-refractivity contribution is 7.99. The van der Waals surface area contributed by atoms with Crippen molar-refractivity contribution >= 4 is 17.4 Å². The molecule has 0 radical (unpaired) electrons. The Morgan fingerprint density at radius 3 is 2.83 bits per heavy atom. The number of nitrogen functional groups attached to an aromatic ring is 1. The van der Waals surface area contributed by atoms with Gasteiger partial charge in [-0.3, -0.25) is 0 Å². The van der Waals surface area contributed by atoms with Crippen LogP contribution in [-0.4, -0.2) is 11.1 Å². The van der Waals surface area contributed by atoms with Gasteiger partial charge in [-0.05, 0) is 31.7 Å². The maximum absolute atomic E-state index is 13.6. The number of hydrogen-bond acceptors (Lipinski definition) is 5. The molecule has 2 rings (SSSR count). The van der Waals surface area contributed by atoms with Crippen LogP contribution in [0.1, 0.15) is 13.8 Å². The van der Waals surface area contributed by atoms with Crippen molar-refractivity contribution in [3.63, 3.8) is 0 Å². The molecule has 0 aliphatic carbocycles. The zero-order valence-electron chi connectivity index (χ0n) is 10.0. The first-order chi connectivity index (χ1) is 8.56. The summed E-state index contributed by atoms with van der Waals surface area (Å²) in [5, 5.41) is 0.448. The maximum atomic E-state index is 13.6.